The molecule has 3 heterocycles. The minimum Gasteiger partial charge on any atom is -0.478 e. The molecule has 9 nitrogen and oxygen atoms in total. The molecular weight excluding hydrogens is 434 g/mol. The zero-order chi connectivity index (χ0) is 24.4. The molecule has 2 aromatic heterocycles. The number of carboxylic acids is 1. The molecule has 1 atom stereocenters. The number of hydrogen-bond acceptors (Lipinski definition) is 7. The summed E-state index contributed by atoms with van der Waals surface area (Å²) in [6.45, 7) is 5.03. The van der Waals surface area contributed by atoms with Crippen molar-refractivity contribution in [2.75, 3.05) is 30.4 Å². The van der Waals surface area contributed by atoms with Gasteiger partial charge in [0.05, 0.1) is 17.7 Å². The number of nitrogens with zero attached hydrogens (tertiary/aromatic N) is 4. The minimum atomic E-state index is -1.03. The average Bonchev–Trinajstić information content (AvgIpc) is 2.84. The Bertz CT molecular complexity index is 1340. The first-order valence-corrected chi connectivity index (χ1v) is 11.2. The standard InChI is InChI=1S/C25H27N5O4/c1-15-12-19(16(2)27-21-7-5-4-6-18(21)25(32)33)23-28-22(20(13-26)24(31)30(23)14-15)29-10-8-17(34-3)9-11-29/h4-7,12,14,16-17,27H,8-11H2,1-3H3,(H,32,33). The van der Waals surface area contributed by atoms with Crippen molar-refractivity contribution in [2.45, 2.75) is 38.8 Å². The number of para-hydroxylation sites is 1. The topological polar surface area (TPSA) is 120 Å². The maximum absolute atomic E-state index is 13.3. The van der Waals surface area contributed by atoms with Crippen molar-refractivity contribution in [3.63, 3.8) is 0 Å². The summed E-state index contributed by atoms with van der Waals surface area (Å²) in [7, 11) is 1.69. The molecule has 1 unspecified atom stereocenters. The van der Waals surface area contributed by atoms with Gasteiger partial charge in [-0.1, -0.05) is 12.1 Å². The lowest BCUT2D eigenvalue weighted by molar-refractivity contribution is 0.0698. The number of piperidine rings is 1. The third kappa shape index (κ3) is 4.32. The van der Waals surface area contributed by atoms with E-state index in [1.165, 1.54) is 10.5 Å². The van der Waals surface area contributed by atoms with Crippen LogP contribution in [0.15, 0.2) is 41.3 Å². The number of nitrogens with one attached hydrogen (secondary N) is 1. The zero-order valence-electron chi connectivity index (χ0n) is 19.4. The summed E-state index contributed by atoms with van der Waals surface area (Å²) < 4.78 is 6.86. The second-order valence-electron chi connectivity index (χ2n) is 8.53. The van der Waals surface area contributed by atoms with Crippen molar-refractivity contribution >= 4 is 23.1 Å². The first-order chi connectivity index (χ1) is 16.3. The fourth-order valence-electron chi connectivity index (χ4n) is 4.45. The Hall–Kier alpha value is -3.90. The van der Waals surface area contributed by atoms with Gasteiger partial charge < -0.3 is 20.1 Å². The fourth-order valence-corrected chi connectivity index (χ4v) is 4.45. The van der Waals surface area contributed by atoms with E-state index in [0.717, 1.165) is 24.0 Å². The number of rotatable bonds is 6. The van der Waals surface area contributed by atoms with Crippen molar-refractivity contribution in [2.24, 2.45) is 0 Å². The number of aromatic carboxylic acids is 1. The number of ether oxygens (including phenoxy) is 1. The molecular formula is C25H27N5O4. The number of fused-ring (bicyclic) bond motifs is 1. The van der Waals surface area contributed by atoms with Gasteiger partial charge in [0.2, 0.25) is 0 Å². The molecule has 9 heteroatoms. The van der Waals surface area contributed by atoms with Crippen molar-refractivity contribution in [1.82, 2.24) is 9.38 Å². The molecule has 0 amide bonds. The van der Waals surface area contributed by atoms with Gasteiger partial charge in [0.15, 0.2) is 11.4 Å². The summed E-state index contributed by atoms with van der Waals surface area (Å²) in [5.74, 6) is -0.649. The second kappa shape index (κ2) is 9.53. The van der Waals surface area contributed by atoms with Crippen LogP contribution in [0.5, 0.6) is 0 Å². The van der Waals surface area contributed by atoms with Crippen LogP contribution in [0.1, 0.15) is 52.9 Å². The number of aryl methyl sites for hydroxylation is 1. The number of anilines is 2. The number of pyridine rings is 1. The lowest BCUT2D eigenvalue weighted by Crippen LogP contribution is -2.39. The van der Waals surface area contributed by atoms with E-state index in [0.29, 0.717) is 30.2 Å². The summed E-state index contributed by atoms with van der Waals surface area (Å²) in [5, 5.41) is 22.6. The Morgan fingerprint density at radius 2 is 2.03 bits per heavy atom. The number of methoxy groups -OCH3 is 1. The molecule has 1 fully saturated rings. The van der Waals surface area contributed by atoms with Crippen LogP contribution in [0.2, 0.25) is 0 Å². The second-order valence-corrected chi connectivity index (χ2v) is 8.53. The number of hydrogen-bond donors (Lipinski definition) is 2. The molecule has 34 heavy (non-hydrogen) atoms. The summed E-state index contributed by atoms with van der Waals surface area (Å²) in [5.41, 5.74) is 2.22. The van der Waals surface area contributed by atoms with Gasteiger partial charge in [-0.05, 0) is 50.5 Å². The van der Waals surface area contributed by atoms with Gasteiger partial charge in [-0.3, -0.25) is 9.20 Å². The first kappa shape index (κ1) is 23.3. The summed E-state index contributed by atoms with van der Waals surface area (Å²) >= 11 is 0. The zero-order valence-corrected chi connectivity index (χ0v) is 19.4. The van der Waals surface area contributed by atoms with Crippen LogP contribution in [-0.4, -0.2) is 46.8 Å². The van der Waals surface area contributed by atoms with E-state index in [1.807, 2.05) is 24.8 Å². The quantitative estimate of drug-likeness (QED) is 0.573. The van der Waals surface area contributed by atoms with Gasteiger partial charge in [0.1, 0.15) is 11.7 Å². The predicted molar refractivity (Wildman–Crippen MR) is 129 cm³/mol. The lowest BCUT2D eigenvalue weighted by atomic mass is 10.1. The van der Waals surface area contributed by atoms with Crippen molar-refractivity contribution in [3.8, 4) is 6.07 Å². The van der Waals surface area contributed by atoms with Crippen molar-refractivity contribution < 1.29 is 14.6 Å². The van der Waals surface area contributed by atoms with E-state index >= 15 is 0 Å². The molecule has 0 aliphatic carbocycles. The van der Waals surface area contributed by atoms with Crippen LogP contribution in [0.4, 0.5) is 11.5 Å². The van der Waals surface area contributed by atoms with Gasteiger partial charge in [-0.25, -0.2) is 9.78 Å². The third-order valence-electron chi connectivity index (χ3n) is 6.25. The van der Waals surface area contributed by atoms with Crippen LogP contribution in [0.25, 0.3) is 5.65 Å². The van der Waals surface area contributed by atoms with Gasteiger partial charge >= 0.3 is 5.97 Å². The maximum Gasteiger partial charge on any atom is 0.337 e. The Morgan fingerprint density at radius 3 is 2.68 bits per heavy atom. The summed E-state index contributed by atoms with van der Waals surface area (Å²) in [4.78, 5) is 31.7. The van der Waals surface area contributed by atoms with E-state index in [2.05, 4.69) is 11.4 Å². The lowest BCUT2D eigenvalue weighted by Gasteiger charge is -2.32. The van der Waals surface area contributed by atoms with Crippen LogP contribution < -0.4 is 15.8 Å². The molecule has 0 spiro atoms. The number of carboxylic acid groups (broad SMARTS) is 1. The Balaban J connectivity index is 1.82. The highest BCUT2D eigenvalue weighted by Crippen LogP contribution is 2.28. The highest BCUT2D eigenvalue weighted by atomic mass is 16.5. The van der Waals surface area contributed by atoms with Crippen LogP contribution in [0, 0.1) is 18.3 Å². The van der Waals surface area contributed by atoms with Crippen molar-refractivity contribution in [1.29, 1.82) is 5.26 Å². The van der Waals surface area contributed by atoms with Crippen LogP contribution in [-0.2, 0) is 4.74 Å². The Labute approximate surface area is 197 Å². The highest BCUT2D eigenvalue weighted by molar-refractivity contribution is 5.94. The van der Waals surface area contributed by atoms with Gasteiger partial charge in [0.25, 0.3) is 5.56 Å². The largest absolute Gasteiger partial charge is 0.478 e. The molecule has 4 rings (SSSR count). The molecule has 1 aromatic carbocycles. The number of benzene rings is 1. The monoisotopic (exact) mass is 461 g/mol. The van der Waals surface area contributed by atoms with Crippen LogP contribution in [0.3, 0.4) is 0 Å². The van der Waals surface area contributed by atoms with Gasteiger partial charge in [-0.2, -0.15) is 5.26 Å². The van der Waals surface area contributed by atoms with Gasteiger partial charge in [0, 0.05) is 37.6 Å². The fraction of sp³-hybridized carbons (Fsp3) is 0.360. The Kier molecular flexibility index (Phi) is 6.52. The minimum absolute atomic E-state index is 0.0155. The molecule has 176 valence electrons. The van der Waals surface area contributed by atoms with E-state index in [9.17, 15) is 20.0 Å². The van der Waals surface area contributed by atoms with Gasteiger partial charge in [-0.15, -0.1) is 0 Å². The normalized spacial score (nSPS) is 15.2. The summed E-state index contributed by atoms with van der Waals surface area (Å²) in [6.07, 6.45) is 3.40. The van der Waals surface area contributed by atoms with E-state index in [4.69, 9.17) is 9.72 Å². The van der Waals surface area contributed by atoms with E-state index in [-0.39, 0.29) is 23.3 Å². The molecule has 0 radical (unpaired) electrons. The van der Waals surface area contributed by atoms with Crippen molar-refractivity contribution in [3.05, 3.63) is 69.1 Å². The smallest absolute Gasteiger partial charge is 0.337 e. The molecule has 3 aromatic rings. The molecule has 1 saturated heterocycles. The number of carbonyl (C=O) groups is 1. The number of aromatic nitrogens is 2. The summed E-state index contributed by atoms with van der Waals surface area (Å²) in [6, 6.07) is 10.3. The molecule has 0 saturated carbocycles. The molecule has 2 N–H and O–H groups in total. The predicted octanol–water partition coefficient (Wildman–Crippen LogP) is 3.36. The van der Waals surface area contributed by atoms with E-state index < -0.39 is 11.5 Å². The van der Waals surface area contributed by atoms with E-state index in [1.54, 1.807) is 31.5 Å². The molecule has 1 aliphatic rings. The SMILES string of the molecule is COC1CCN(c2nc3c(C(C)Nc4ccccc4C(=O)O)cc(C)cn3c(=O)c2C#N)CC1. The van der Waals surface area contributed by atoms with Crippen LogP contribution >= 0.6 is 0 Å². The average molecular weight is 462 g/mol. The molecule has 1 aliphatic heterocycles. The third-order valence-corrected chi connectivity index (χ3v) is 6.25. The first-order valence-electron chi connectivity index (χ1n) is 11.2. The highest BCUT2D eigenvalue weighted by Gasteiger charge is 2.26. The maximum atomic E-state index is 13.3. The Morgan fingerprint density at radius 1 is 1.32 bits per heavy atom. The molecule has 0 bridgehead atoms. The number of nitriles is 1.